The maximum absolute atomic E-state index is 12.8. The number of halogens is 1. The molecule has 3 aromatic carbocycles. The van der Waals surface area contributed by atoms with Crippen LogP contribution >= 0.6 is 0 Å². The molecule has 0 radical (unpaired) electrons. The summed E-state index contributed by atoms with van der Waals surface area (Å²) in [5, 5.41) is 13.6. The zero-order valence-electron chi connectivity index (χ0n) is 19.1. The summed E-state index contributed by atoms with van der Waals surface area (Å²) in [4.78, 5) is 2.35. The number of aryl methyl sites for hydroxylation is 1. The van der Waals surface area contributed by atoms with Crippen molar-refractivity contribution in [1.29, 1.82) is 0 Å². The second kappa shape index (κ2) is 9.96. The van der Waals surface area contributed by atoms with E-state index in [1.54, 1.807) is 0 Å². The first-order valence-electron chi connectivity index (χ1n) is 12.2. The lowest BCUT2D eigenvalue weighted by atomic mass is 9.69. The summed E-state index contributed by atoms with van der Waals surface area (Å²) in [5.74, 6) is 1.26. The van der Waals surface area contributed by atoms with Gasteiger partial charge in [0.05, 0.1) is 6.67 Å². The summed E-state index contributed by atoms with van der Waals surface area (Å²) in [7, 11) is 0. The molecule has 1 unspecified atom stereocenters. The molecule has 0 bridgehead atoms. The molecular weight excluding hydrogens is 411 g/mol. The number of anilines is 1. The maximum atomic E-state index is 12.8. The van der Waals surface area contributed by atoms with Gasteiger partial charge in [-0.15, -0.1) is 0 Å². The third-order valence-corrected chi connectivity index (χ3v) is 7.43. The summed E-state index contributed by atoms with van der Waals surface area (Å²) in [6, 6.07) is 25.5. The molecule has 3 aromatic rings. The van der Waals surface area contributed by atoms with E-state index >= 15 is 0 Å². The average molecular weight is 445 g/mol. The highest BCUT2D eigenvalue weighted by Crippen LogP contribution is 2.47. The number of phenols is 1. The third-order valence-electron chi connectivity index (χ3n) is 7.43. The first-order chi connectivity index (χ1) is 16.2. The third kappa shape index (κ3) is 4.91. The molecule has 2 N–H and O–H groups in total. The average Bonchev–Trinajstić information content (AvgIpc) is 3.32. The molecule has 1 aliphatic heterocycles. The van der Waals surface area contributed by atoms with Crippen molar-refractivity contribution in [3.63, 3.8) is 0 Å². The number of hydrogen-bond donors (Lipinski definition) is 2. The van der Waals surface area contributed by atoms with Crippen LogP contribution in [0.5, 0.6) is 5.75 Å². The highest BCUT2D eigenvalue weighted by Gasteiger charge is 2.32. The smallest absolute Gasteiger partial charge is 0.115 e. The van der Waals surface area contributed by atoms with Gasteiger partial charge in [-0.2, -0.15) is 0 Å². The number of likely N-dealkylation sites (tertiary alicyclic amines) is 1. The van der Waals surface area contributed by atoms with Gasteiger partial charge in [-0.1, -0.05) is 48.5 Å². The molecule has 0 spiro atoms. The summed E-state index contributed by atoms with van der Waals surface area (Å²) in [6.07, 6.45) is 3.04. The zero-order chi connectivity index (χ0) is 22.6. The fraction of sp³-hybridized carbons (Fsp3) is 0.379. The van der Waals surface area contributed by atoms with Gasteiger partial charge in [-0.25, -0.2) is 0 Å². The summed E-state index contributed by atoms with van der Waals surface area (Å²) in [6.45, 7) is 3.52. The second-order valence-corrected chi connectivity index (χ2v) is 9.58. The second-order valence-electron chi connectivity index (χ2n) is 9.58. The Bertz CT molecular complexity index is 1050. The van der Waals surface area contributed by atoms with Crippen molar-refractivity contribution in [2.45, 2.75) is 31.1 Å². The van der Waals surface area contributed by atoms with Crippen LogP contribution in [0.4, 0.5) is 10.1 Å². The van der Waals surface area contributed by atoms with Gasteiger partial charge in [0.15, 0.2) is 0 Å². The van der Waals surface area contributed by atoms with E-state index in [-0.39, 0.29) is 18.5 Å². The summed E-state index contributed by atoms with van der Waals surface area (Å²) < 4.78 is 12.8. The number of phenolic OH excluding ortho intramolecular Hbond substituents is 1. The molecule has 1 aliphatic carbocycles. The topological polar surface area (TPSA) is 35.5 Å². The predicted octanol–water partition coefficient (Wildman–Crippen LogP) is 5.96. The molecule has 1 saturated heterocycles. The van der Waals surface area contributed by atoms with Crippen LogP contribution in [0.25, 0.3) is 0 Å². The summed E-state index contributed by atoms with van der Waals surface area (Å²) in [5.41, 5.74) is 6.39. The number of nitrogens with one attached hydrogen (secondary N) is 1. The highest BCUT2D eigenvalue weighted by atomic mass is 19.1. The molecule has 2 aliphatic rings. The van der Waals surface area contributed by atoms with Crippen molar-refractivity contribution in [3.8, 4) is 5.75 Å². The monoisotopic (exact) mass is 444 g/mol. The summed E-state index contributed by atoms with van der Waals surface area (Å²) >= 11 is 0. The molecule has 172 valence electrons. The van der Waals surface area contributed by atoms with Gasteiger partial charge in [0.1, 0.15) is 5.75 Å². The molecule has 0 amide bonds. The maximum Gasteiger partial charge on any atom is 0.115 e. The van der Waals surface area contributed by atoms with E-state index in [1.807, 2.05) is 12.1 Å². The molecule has 0 saturated carbocycles. The predicted molar refractivity (Wildman–Crippen MR) is 133 cm³/mol. The van der Waals surface area contributed by atoms with Crippen LogP contribution in [0.3, 0.4) is 0 Å². The van der Waals surface area contributed by atoms with Crippen molar-refractivity contribution in [1.82, 2.24) is 4.90 Å². The Balaban J connectivity index is 1.32. The quantitative estimate of drug-likeness (QED) is 0.472. The van der Waals surface area contributed by atoms with Crippen LogP contribution in [0.15, 0.2) is 72.8 Å². The molecule has 0 aromatic heterocycles. The Hall–Kier alpha value is -2.85. The van der Waals surface area contributed by atoms with Crippen LogP contribution in [0.1, 0.15) is 46.9 Å². The number of hydrogen-bond acceptors (Lipinski definition) is 3. The molecule has 4 heteroatoms. The Labute approximate surface area is 196 Å². The van der Waals surface area contributed by atoms with Gasteiger partial charge >= 0.3 is 0 Å². The van der Waals surface area contributed by atoms with Crippen LogP contribution < -0.4 is 5.32 Å². The minimum absolute atomic E-state index is 0.195. The van der Waals surface area contributed by atoms with Crippen molar-refractivity contribution in [2.75, 3.05) is 38.2 Å². The number of alkyl halides is 1. The van der Waals surface area contributed by atoms with Gasteiger partial charge in [-0.3, -0.25) is 4.39 Å². The van der Waals surface area contributed by atoms with Gasteiger partial charge < -0.3 is 15.3 Å². The van der Waals surface area contributed by atoms with E-state index in [4.69, 9.17) is 0 Å². The van der Waals surface area contributed by atoms with Crippen LogP contribution in [-0.2, 0) is 6.42 Å². The van der Waals surface area contributed by atoms with Gasteiger partial charge in [0.2, 0.25) is 0 Å². The first-order valence-corrected chi connectivity index (χ1v) is 12.2. The van der Waals surface area contributed by atoms with E-state index in [2.05, 4.69) is 70.9 Å². The highest BCUT2D eigenvalue weighted by molar-refractivity contribution is 5.51. The Morgan fingerprint density at radius 2 is 1.76 bits per heavy atom. The van der Waals surface area contributed by atoms with Gasteiger partial charge in [-0.05, 0) is 78.2 Å². The van der Waals surface area contributed by atoms with E-state index in [1.165, 1.54) is 22.3 Å². The Kier molecular flexibility index (Phi) is 6.63. The lowest BCUT2D eigenvalue weighted by Crippen LogP contribution is -2.27. The van der Waals surface area contributed by atoms with E-state index in [9.17, 15) is 9.50 Å². The van der Waals surface area contributed by atoms with Gasteiger partial charge in [0.25, 0.3) is 0 Å². The van der Waals surface area contributed by atoms with E-state index in [0.29, 0.717) is 11.7 Å². The number of benzene rings is 3. The fourth-order valence-corrected chi connectivity index (χ4v) is 5.69. The number of fused-ring (bicyclic) bond motifs is 1. The molecule has 1 heterocycles. The van der Waals surface area contributed by atoms with Crippen molar-refractivity contribution >= 4 is 5.69 Å². The molecule has 3 atom stereocenters. The lowest BCUT2D eigenvalue weighted by molar-refractivity contribution is 0.311. The zero-order valence-corrected chi connectivity index (χ0v) is 19.1. The Morgan fingerprint density at radius 3 is 2.52 bits per heavy atom. The van der Waals surface area contributed by atoms with E-state index in [0.717, 1.165) is 51.1 Å². The van der Waals surface area contributed by atoms with Crippen molar-refractivity contribution in [3.05, 3.63) is 95.1 Å². The van der Waals surface area contributed by atoms with Crippen molar-refractivity contribution in [2.24, 2.45) is 5.92 Å². The van der Waals surface area contributed by atoms with Gasteiger partial charge in [0, 0.05) is 37.2 Å². The first kappa shape index (κ1) is 22.0. The SMILES string of the molecule is Oc1ccc2c(c1)CC[C@H](c1ccccc1)[C@@H]2c1ccc(NCCN2CCC(CF)C2)cc1. The van der Waals surface area contributed by atoms with Crippen LogP contribution in [0, 0.1) is 5.92 Å². The largest absolute Gasteiger partial charge is 0.508 e. The lowest BCUT2D eigenvalue weighted by Gasteiger charge is -2.35. The molecular formula is C29H33FN2O. The minimum atomic E-state index is -0.195. The standard InChI is InChI=1S/C29H33FN2O/c30-19-21-14-16-32(20-21)17-15-31-25-9-6-23(7-10-25)29-27(22-4-2-1-3-5-22)12-8-24-18-26(33)11-13-28(24)29/h1-7,9-11,13,18,21,27,29,31,33H,8,12,14-17,19-20H2/t21?,27-,29+/m1/s1. The number of aromatic hydroxyl groups is 1. The molecule has 3 nitrogen and oxygen atoms in total. The molecule has 1 fully saturated rings. The number of rotatable bonds is 7. The molecule has 33 heavy (non-hydrogen) atoms. The minimum Gasteiger partial charge on any atom is -0.508 e. The Morgan fingerprint density at radius 1 is 0.939 bits per heavy atom. The normalized spacial score (nSPS) is 22.8. The van der Waals surface area contributed by atoms with Crippen LogP contribution in [-0.4, -0.2) is 42.9 Å². The number of nitrogens with zero attached hydrogens (tertiary/aromatic N) is 1. The van der Waals surface area contributed by atoms with Crippen LogP contribution in [0.2, 0.25) is 0 Å². The molecule has 5 rings (SSSR count). The van der Waals surface area contributed by atoms with E-state index < -0.39 is 0 Å². The van der Waals surface area contributed by atoms with Crippen molar-refractivity contribution < 1.29 is 9.50 Å². The fourth-order valence-electron chi connectivity index (χ4n) is 5.69.